The van der Waals surface area contributed by atoms with Crippen LogP contribution in [0.1, 0.15) is 39.5 Å². The van der Waals surface area contributed by atoms with E-state index in [1.807, 2.05) is 0 Å². The summed E-state index contributed by atoms with van der Waals surface area (Å²) < 4.78 is 0. The van der Waals surface area contributed by atoms with Crippen molar-refractivity contribution in [1.82, 2.24) is 5.32 Å². The molecule has 0 radical (unpaired) electrons. The number of halogens is 2. The number of aliphatic hydroxyl groups is 1. The molecule has 1 fully saturated rings. The van der Waals surface area contributed by atoms with Gasteiger partial charge in [0, 0.05) is 23.7 Å². The molecule has 0 aromatic heterocycles. The van der Waals surface area contributed by atoms with Gasteiger partial charge in [-0.1, -0.05) is 37.0 Å². The zero-order chi connectivity index (χ0) is 12.2. The Balaban J connectivity index is 2.32. The lowest BCUT2D eigenvalue weighted by atomic mass is 9.71. The first-order valence-electron chi connectivity index (χ1n) is 5.75. The third-order valence-corrected chi connectivity index (χ3v) is 4.02. The van der Waals surface area contributed by atoms with Gasteiger partial charge >= 0.3 is 0 Å². The molecular weight excluding hydrogens is 245 g/mol. The first-order valence-corrected chi connectivity index (χ1v) is 6.56. The second-order valence-electron chi connectivity index (χ2n) is 5.55. The average Bonchev–Trinajstić information content (AvgIpc) is 2.23. The molecule has 0 heterocycles. The Bertz CT molecular complexity index is 254. The van der Waals surface area contributed by atoms with Crippen molar-refractivity contribution in [2.45, 2.75) is 45.1 Å². The van der Waals surface area contributed by atoms with Gasteiger partial charge in [-0.15, -0.1) is 0 Å². The minimum absolute atomic E-state index is 0.375. The van der Waals surface area contributed by atoms with Crippen LogP contribution in [-0.2, 0) is 0 Å². The lowest BCUT2D eigenvalue weighted by Gasteiger charge is -2.40. The third kappa shape index (κ3) is 4.62. The molecule has 0 bridgehead atoms. The molecular formula is C12H21Cl2NO. The average molecular weight is 266 g/mol. The van der Waals surface area contributed by atoms with Gasteiger partial charge in [0.1, 0.15) is 0 Å². The van der Waals surface area contributed by atoms with Crippen molar-refractivity contribution in [1.29, 1.82) is 0 Å². The number of hydrogen-bond acceptors (Lipinski definition) is 2. The highest BCUT2D eigenvalue weighted by atomic mass is 35.5. The first kappa shape index (κ1) is 14.3. The van der Waals surface area contributed by atoms with Crippen molar-refractivity contribution in [3.8, 4) is 0 Å². The molecule has 0 aliphatic heterocycles. The first-order chi connectivity index (χ1) is 7.37. The van der Waals surface area contributed by atoms with Crippen LogP contribution in [0.25, 0.3) is 0 Å². The fourth-order valence-electron chi connectivity index (χ4n) is 2.02. The topological polar surface area (TPSA) is 32.3 Å². The van der Waals surface area contributed by atoms with Crippen LogP contribution < -0.4 is 5.32 Å². The lowest BCUT2D eigenvalue weighted by Crippen LogP contribution is -2.45. The van der Waals surface area contributed by atoms with Gasteiger partial charge in [-0.3, -0.25) is 0 Å². The summed E-state index contributed by atoms with van der Waals surface area (Å²) in [4.78, 5) is 0. The fraction of sp³-hybridized carbons (Fsp3) is 0.833. The summed E-state index contributed by atoms with van der Waals surface area (Å²) in [5, 5.41) is 14.0. The summed E-state index contributed by atoms with van der Waals surface area (Å²) in [7, 11) is 0. The minimum atomic E-state index is -0.570. The normalized spacial score (nSPS) is 24.4. The molecule has 0 amide bonds. The third-order valence-electron chi connectivity index (χ3n) is 3.40. The largest absolute Gasteiger partial charge is 0.389 e. The Kier molecular flexibility index (Phi) is 5.11. The Morgan fingerprint density at radius 3 is 2.38 bits per heavy atom. The van der Waals surface area contributed by atoms with Crippen LogP contribution in [0, 0.1) is 5.41 Å². The molecule has 1 saturated carbocycles. The van der Waals surface area contributed by atoms with Crippen LogP contribution >= 0.6 is 23.2 Å². The minimum Gasteiger partial charge on any atom is -0.389 e. The van der Waals surface area contributed by atoms with E-state index in [0.29, 0.717) is 23.5 Å². The highest BCUT2D eigenvalue weighted by Crippen LogP contribution is 2.39. The second-order valence-corrected chi connectivity index (χ2v) is 6.25. The number of nitrogens with one attached hydrogen (secondary N) is 1. The number of rotatable bonds is 4. The quantitative estimate of drug-likeness (QED) is 0.818. The molecule has 1 aliphatic rings. The van der Waals surface area contributed by atoms with E-state index in [-0.39, 0.29) is 0 Å². The van der Waals surface area contributed by atoms with Gasteiger partial charge in [0.05, 0.1) is 5.60 Å². The van der Waals surface area contributed by atoms with E-state index in [4.69, 9.17) is 23.2 Å². The zero-order valence-corrected chi connectivity index (χ0v) is 11.5. The van der Waals surface area contributed by atoms with Crippen LogP contribution in [0.4, 0.5) is 0 Å². The summed E-state index contributed by atoms with van der Waals surface area (Å²) in [6.07, 6.45) is 3.86. The Hall–Kier alpha value is 0.240. The van der Waals surface area contributed by atoms with Crippen LogP contribution in [0.15, 0.2) is 10.6 Å². The van der Waals surface area contributed by atoms with Crippen molar-refractivity contribution < 1.29 is 5.11 Å². The van der Waals surface area contributed by atoms with Crippen LogP contribution in [0.2, 0.25) is 0 Å². The highest BCUT2D eigenvalue weighted by molar-refractivity contribution is 6.36. The summed E-state index contributed by atoms with van der Waals surface area (Å²) in [5.74, 6) is 0. The van der Waals surface area contributed by atoms with Gasteiger partial charge in [0.25, 0.3) is 0 Å². The van der Waals surface area contributed by atoms with E-state index >= 15 is 0 Å². The lowest BCUT2D eigenvalue weighted by molar-refractivity contribution is -0.0236. The maximum atomic E-state index is 10.3. The molecule has 0 atom stereocenters. The monoisotopic (exact) mass is 265 g/mol. The maximum Gasteiger partial charge on any atom is 0.0772 e. The molecule has 1 rings (SSSR count). The van der Waals surface area contributed by atoms with Gasteiger partial charge < -0.3 is 10.4 Å². The van der Waals surface area contributed by atoms with Gasteiger partial charge in [0.2, 0.25) is 0 Å². The standard InChI is InChI=1S/C12H21Cl2NO/c1-11(2)3-5-12(16,6-4-11)9-15-8-10(14)7-13/h7,15-16H,3-6,8-9H2,1-2H3. The zero-order valence-electron chi connectivity index (χ0n) is 10.0. The Labute approximate surface area is 108 Å². The van der Waals surface area contributed by atoms with E-state index < -0.39 is 5.60 Å². The van der Waals surface area contributed by atoms with Crippen LogP contribution in [0.5, 0.6) is 0 Å². The molecule has 0 aromatic rings. The molecule has 0 saturated heterocycles. The van der Waals surface area contributed by atoms with E-state index in [1.54, 1.807) is 0 Å². The molecule has 2 N–H and O–H groups in total. The molecule has 0 unspecified atom stereocenters. The van der Waals surface area contributed by atoms with E-state index in [9.17, 15) is 5.11 Å². The summed E-state index contributed by atoms with van der Waals surface area (Å²) >= 11 is 11.2. The summed E-state index contributed by atoms with van der Waals surface area (Å²) in [6.45, 7) is 5.63. The second kappa shape index (κ2) is 5.72. The molecule has 1 aliphatic carbocycles. The van der Waals surface area contributed by atoms with Crippen LogP contribution in [0.3, 0.4) is 0 Å². The van der Waals surface area contributed by atoms with Crippen molar-refractivity contribution in [3.05, 3.63) is 10.6 Å². The molecule has 0 aromatic carbocycles. The maximum absolute atomic E-state index is 10.3. The Morgan fingerprint density at radius 2 is 1.88 bits per heavy atom. The molecule has 16 heavy (non-hydrogen) atoms. The molecule has 4 heteroatoms. The van der Waals surface area contributed by atoms with Gasteiger partial charge in [-0.25, -0.2) is 0 Å². The SMILES string of the molecule is CC1(C)CCC(O)(CNCC(Cl)=CCl)CC1. The van der Waals surface area contributed by atoms with Gasteiger partial charge in [-0.05, 0) is 31.1 Å². The van der Waals surface area contributed by atoms with Crippen LogP contribution in [-0.4, -0.2) is 23.8 Å². The summed E-state index contributed by atoms with van der Waals surface area (Å²) in [6, 6.07) is 0. The van der Waals surface area contributed by atoms with Gasteiger partial charge in [-0.2, -0.15) is 0 Å². The smallest absolute Gasteiger partial charge is 0.0772 e. The predicted octanol–water partition coefficient (Wildman–Crippen LogP) is 3.23. The highest BCUT2D eigenvalue weighted by Gasteiger charge is 2.36. The summed E-state index contributed by atoms with van der Waals surface area (Å²) in [5.41, 5.74) is 1.15. The number of hydrogen-bond donors (Lipinski definition) is 2. The van der Waals surface area contributed by atoms with Crippen molar-refractivity contribution in [2.24, 2.45) is 5.41 Å². The molecule has 2 nitrogen and oxygen atoms in total. The van der Waals surface area contributed by atoms with Crippen molar-refractivity contribution in [3.63, 3.8) is 0 Å². The van der Waals surface area contributed by atoms with E-state index in [2.05, 4.69) is 19.2 Å². The Morgan fingerprint density at radius 1 is 1.31 bits per heavy atom. The van der Waals surface area contributed by atoms with Crippen molar-refractivity contribution >= 4 is 23.2 Å². The van der Waals surface area contributed by atoms with Crippen molar-refractivity contribution in [2.75, 3.05) is 13.1 Å². The molecule has 0 spiro atoms. The molecule has 94 valence electrons. The fourth-order valence-corrected chi connectivity index (χ4v) is 2.19. The van der Waals surface area contributed by atoms with E-state index in [1.165, 1.54) is 5.54 Å². The predicted molar refractivity (Wildman–Crippen MR) is 69.9 cm³/mol. The van der Waals surface area contributed by atoms with E-state index in [0.717, 1.165) is 25.7 Å². The van der Waals surface area contributed by atoms with Gasteiger partial charge in [0.15, 0.2) is 0 Å².